The highest BCUT2D eigenvalue weighted by molar-refractivity contribution is 6.32. The van der Waals surface area contributed by atoms with Gasteiger partial charge in [0.2, 0.25) is 0 Å². The first kappa shape index (κ1) is 12.9. The van der Waals surface area contributed by atoms with E-state index < -0.39 is 11.9 Å². The van der Waals surface area contributed by atoms with Crippen LogP contribution in [0.5, 0.6) is 0 Å². The van der Waals surface area contributed by atoms with E-state index in [4.69, 9.17) is 4.74 Å². The van der Waals surface area contributed by atoms with Gasteiger partial charge in [-0.3, -0.25) is 4.79 Å². The van der Waals surface area contributed by atoms with Crippen molar-refractivity contribution >= 4 is 11.9 Å². The predicted octanol–water partition coefficient (Wildman–Crippen LogP) is 0.0907. The van der Waals surface area contributed by atoms with Crippen LogP contribution in [0.1, 0.15) is 19.8 Å². The quantitative estimate of drug-likeness (QED) is 0.508. The lowest BCUT2D eigenvalue weighted by atomic mass is 10.2. The van der Waals surface area contributed by atoms with Gasteiger partial charge in [-0.2, -0.15) is 0 Å². The zero-order valence-electron chi connectivity index (χ0n) is 8.83. The maximum atomic E-state index is 11.1. The summed E-state index contributed by atoms with van der Waals surface area (Å²) in [7, 11) is 2.72. The molecule has 0 heterocycles. The Kier molecular flexibility index (Phi) is 6.74. The largest absolute Gasteiger partial charge is 0.462 e. The summed E-state index contributed by atoms with van der Waals surface area (Å²) in [6, 6.07) is -0.128. The Morgan fingerprint density at radius 3 is 2.43 bits per heavy atom. The van der Waals surface area contributed by atoms with Gasteiger partial charge in [0.25, 0.3) is 0 Å². The highest BCUT2D eigenvalue weighted by atomic mass is 16.5. The van der Waals surface area contributed by atoms with Crippen molar-refractivity contribution in [2.45, 2.75) is 25.8 Å². The van der Waals surface area contributed by atoms with Gasteiger partial charge in [-0.05, 0) is 6.42 Å². The highest BCUT2D eigenvalue weighted by Gasteiger charge is 2.18. The van der Waals surface area contributed by atoms with Crippen molar-refractivity contribution in [1.82, 2.24) is 5.32 Å². The summed E-state index contributed by atoms with van der Waals surface area (Å²) >= 11 is 0. The van der Waals surface area contributed by atoms with Gasteiger partial charge in [0.1, 0.15) is 0 Å². The number of hydrogen-bond acceptors (Lipinski definition) is 4. The van der Waals surface area contributed by atoms with Gasteiger partial charge in [0.05, 0.1) is 19.8 Å². The number of esters is 1. The second kappa shape index (κ2) is 7.32. The number of hydrogen-bond donors (Lipinski definition) is 1. The standard InChI is InChI=1S/C9H17NO4/c1-4-5-7(6-13-2)10-8(11)9(12)14-3/h7H,4-6H2,1-3H3,(H,10,11). The van der Waals surface area contributed by atoms with Gasteiger partial charge in [-0.1, -0.05) is 13.3 Å². The van der Waals surface area contributed by atoms with Crippen LogP contribution in [-0.4, -0.2) is 38.7 Å². The normalized spacial score (nSPS) is 11.9. The molecule has 0 aromatic heterocycles. The molecule has 0 bridgehead atoms. The van der Waals surface area contributed by atoms with E-state index >= 15 is 0 Å². The van der Waals surface area contributed by atoms with Crippen LogP contribution in [0.3, 0.4) is 0 Å². The van der Waals surface area contributed by atoms with Crippen LogP contribution in [-0.2, 0) is 19.1 Å². The molecule has 0 aromatic rings. The Morgan fingerprint density at radius 2 is 2.00 bits per heavy atom. The van der Waals surface area contributed by atoms with Crippen molar-refractivity contribution in [2.24, 2.45) is 0 Å². The SMILES string of the molecule is CCCC(COC)NC(=O)C(=O)OC. The molecule has 14 heavy (non-hydrogen) atoms. The number of amides is 1. The molecule has 0 saturated heterocycles. The third kappa shape index (κ3) is 4.81. The zero-order chi connectivity index (χ0) is 11.0. The average Bonchev–Trinajstić information content (AvgIpc) is 2.17. The van der Waals surface area contributed by atoms with Crippen LogP contribution in [0.4, 0.5) is 0 Å². The van der Waals surface area contributed by atoms with E-state index in [1.807, 2.05) is 6.92 Å². The van der Waals surface area contributed by atoms with E-state index in [1.165, 1.54) is 7.11 Å². The minimum Gasteiger partial charge on any atom is -0.462 e. The van der Waals surface area contributed by atoms with Crippen molar-refractivity contribution in [1.29, 1.82) is 0 Å². The molecule has 0 rings (SSSR count). The van der Waals surface area contributed by atoms with Crippen molar-refractivity contribution in [2.75, 3.05) is 20.8 Å². The second-order valence-corrected chi connectivity index (χ2v) is 2.91. The van der Waals surface area contributed by atoms with Gasteiger partial charge < -0.3 is 14.8 Å². The maximum Gasteiger partial charge on any atom is 0.396 e. The first-order valence-corrected chi connectivity index (χ1v) is 4.53. The molecule has 1 amide bonds. The summed E-state index contributed by atoms with van der Waals surface area (Å²) in [4.78, 5) is 21.9. The molecule has 0 aromatic carbocycles. The highest BCUT2D eigenvalue weighted by Crippen LogP contribution is 1.97. The van der Waals surface area contributed by atoms with Gasteiger partial charge in [0.15, 0.2) is 0 Å². The van der Waals surface area contributed by atoms with Crippen molar-refractivity contribution < 1.29 is 19.1 Å². The predicted molar refractivity (Wildman–Crippen MR) is 50.7 cm³/mol. The number of methoxy groups -OCH3 is 2. The lowest BCUT2D eigenvalue weighted by Crippen LogP contribution is -2.42. The molecular weight excluding hydrogens is 186 g/mol. The van der Waals surface area contributed by atoms with E-state index in [1.54, 1.807) is 7.11 Å². The summed E-state index contributed by atoms with van der Waals surface area (Å²) in [6.07, 6.45) is 1.69. The summed E-state index contributed by atoms with van der Waals surface area (Å²) in [5.74, 6) is -1.59. The smallest absolute Gasteiger partial charge is 0.396 e. The van der Waals surface area contributed by atoms with E-state index in [0.29, 0.717) is 6.61 Å². The number of carbonyl (C=O) groups excluding carboxylic acids is 2. The molecular formula is C9H17NO4. The fourth-order valence-electron chi connectivity index (χ4n) is 1.08. The van der Waals surface area contributed by atoms with Crippen LogP contribution >= 0.6 is 0 Å². The van der Waals surface area contributed by atoms with E-state index in [0.717, 1.165) is 12.8 Å². The van der Waals surface area contributed by atoms with E-state index in [9.17, 15) is 9.59 Å². The number of carbonyl (C=O) groups is 2. The Morgan fingerprint density at radius 1 is 1.36 bits per heavy atom. The van der Waals surface area contributed by atoms with Crippen molar-refractivity contribution in [3.8, 4) is 0 Å². The first-order valence-electron chi connectivity index (χ1n) is 4.53. The van der Waals surface area contributed by atoms with Crippen LogP contribution in [0, 0.1) is 0 Å². The number of ether oxygens (including phenoxy) is 2. The summed E-state index contributed by atoms with van der Waals surface area (Å²) in [5.41, 5.74) is 0. The van der Waals surface area contributed by atoms with Crippen molar-refractivity contribution in [3.05, 3.63) is 0 Å². The monoisotopic (exact) mass is 203 g/mol. The molecule has 0 radical (unpaired) electrons. The Bertz CT molecular complexity index is 187. The molecule has 0 spiro atoms. The van der Waals surface area contributed by atoms with Crippen LogP contribution in [0.25, 0.3) is 0 Å². The Balaban J connectivity index is 4.01. The minimum atomic E-state index is -0.873. The van der Waals surface area contributed by atoms with Gasteiger partial charge in [-0.15, -0.1) is 0 Å². The maximum absolute atomic E-state index is 11.1. The molecule has 0 aliphatic carbocycles. The van der Waals surface area contributed by atoms with E-state index in [2.05, 4.69) is 10.1 Å². The molecule has 82 valence electrons. The van der Waals surface area contributed by atoms with Crippen LogP contribution < -0.4 is 5.32 Å². The fourth-order valence-corrected chi connectivity index (χ4v) is 1.08. The fraction of sp³-hybridized carbons (Fsp3) is 0.778. The number of rotatable bonds is 5. The molecule has 5 nitrogen and oxygen atoms in total. The van der Waals surface area contributed by atoms with Gasteiger partial charge in [-0.25, -0.2) is 4.79 Å². The summed E-state index contributed by atoms with van der Waals surface area (Å²) in [6.45, 7) is 2.39. The topological polar surface area (TPSA) is 64.6 Å². The first-order chi connectivity index (χ1) is 6.65. The third-order valence-corrected chi connectivity index (χ3v) is 1.71. The number of nitrogens with one attached hydrogen (secondary N) is 1. The molecule has 0 aliphatic rings. The Labute approximate surface area is 83.8 Å². The molecule has 5 heteroatoms. The zero-order valence-corrected chi connectivity index (χ0v) is 8.83. The van der Waals surface area contributed by atoms with Crippen molar-refractivity contribution in [3.63, 3.8) is 0 Å². The Hall–Kier alpha value is -1.10. The lowest BCUT2D eigenvalue weighted by molar-refractivity contribution is -0.153. The van der Waals surface area contributed by atoms with Gasteiger partial charge in [0, 0.05) is 7.11 Å². The molecule has 1 N–H and O–H groups in total. The molecule has 1 unspecified atom stereocenters. The summed E-state index contributed by atoms with van der Waals surface area (Å²) in [5, 5.41) is 2.53. The molecule has 0 fully saturated rings. The van der Waals surface area contributed by atoms with Crippen LogP contribution in [0.2, 0.25) is 0 Å². The van der Waals surface area contributed by atoms with Gasteiger partial charge >= 0.3 is 11.9 Å². The second-order valence-electron chi connectivity index (χ2n) is 2.91. The third-order valence-electron chi connectivity index (χ3n) is 1.71. The van der Waals surface area contributed by atoms with E-state index in [-0.39, 0.29) is 6.04 Å². The molecule has 1 atom stereocenters. The average molecular weight is 203 g/mol. The molecule has 0 saturated carbocycles. The lowest BCUT2D eigenvalue weighted by Gasteiger charge is -2.15. The van der Waals surface area contributed by atoms with Crippen LogP contribution in [0.15, 0.2) is 0 Å². The summed E-state index contributed by atoms with van der Waals surface area (Å²) < 4.78 is 9.18. The minimum absolute atomic E-state index is 0.128. The molecule has 0 aliphatic heterocycles.